The molecule has 15 heavy (non-hydrogen) atoms. The molecule has 2 aliphatic carbocycles. The lowest BCUT2D eigenvalue weighted by molar-refractivity contribution is 0.702. The Kier molecular flexibility index (Phi) is 2.01. The lowest BCUT2D eigenvalue weighted by Crippen LogP contribution is -2.29. The van der Waals surface area contributed by atoms with Gasteiger partial charge in [0, 0.05) is 12.6 Å². The highest BCUT2D eigenvalue weighted by Crippen LogP contribution is 2.36. The van der Waals surface area contributed by atoms with Gasteiger partial charge in [-0.05, 0) is 43.7 Å². The summed E-state index contributed by atoms with van der Waals surface area (Å²) in [5.41, 5.74) is 5.54. The summed E-state index contributed by atoms with van der Waals surface area (Å²) < 4.78 is 0. The highest BCUT2D eigenvalue weighted by molar-refractivity contribution is 5.43. The van der Waals surface area contributed by atoms with Crippen LogP contribution in [0, 0.1) is 5.92 Å². The second kappa shape index (κ2) is 3.36. The fraction of sp³-hybridized carbons (Fsp3) is 0.636. The van der Waals surface area contributed by atoms with Crippen molar-refractivity contribution in [3.8, 4) is 0 Å². The molecule has 0 aliphatic heterocycles. The highest BCUT2D eigenvalue weighted by atomic mass is 15.3. The summed E-state index contributed by atoms with van der Waals surface area (Å²) >= 11 is 0. The molecule has 3 rings (SSSR count). The second-order valence-corrected chi connectivity index (χ2v) is 4.64. The van der Waals surface area contributed by atoms with Crippen molar-refractivity contribution in [1.82, 2.24) is 10.2 Å². The Morgan fingerprint density at radius 2 is 2.00 bits per heavy atom. The standard InChI is InChI=1S/C11H16N4/c12-10-5-6-11(14-13-10)15(9-3-4-9)7-8-1-2-8/h5-6,8-9H,1-4,7H2,(H2,12,13). The quantitative estimate of drug-likeness (QED) is 0.806. The predicted molar refractivity (Wildman–Crippen MR) is 59.5 cm³/mol. The molecule has 1 aromatic rings. The molecule has 0 amide bonds. The predicted octanol–water partition coefficient (Wildman–Crippen LogP) is 1.44. The van der Waals surface area contributed by atoms with E-state index in [2.05, 4.69) is 15.1 Å². The van der Waals surface area contributed by atoms with Crippen molar-refractivity contribution in [3.63, 3.8) is 0 Å². The molecule has 4 heteroatoms. The van der Waals surface area contributed by atoms with Crippen molar-refractivity contribution in [1.29, 1.82) is 0 Å². The Labute approximate surface area is 89.5 Å². The van der Waals surface area contributed by atoms with E-state index in [1.165, 1.54) is 25.7 Å². The Morgan fingerprint density at radius 1 is 1.20 bits per heavy atom. The normalized spacial score (nSPS) is 20.3. The van der Waals surface area contributed by atoms with Crippen LogP contribution >= 0.6 is 0 Å². The molecule has 4 nitrogen and oxygen atoms in total. The van der Waals surface area contributed by atoms with Crippen LogP contribution in [0.3, 0.4) is 0 Å². The second-order valence-electron chi connectivity index (χ2n) is 4.64. The zero-order valence-corrected chi connectivity index (χ0v) is 8.76. The van der Waals surface area contributed by atoms with Crippen molar-refractivity contribution in [3.05, 3.63) is 12.1 Å². The number of nitrogens with two attached hydrogens (primary N) is 1. The lowest BCUT2D eigenvalue weighted by Gasteiger charge is -2.22. The Balaban J connectivity index is 1.77. The molecule has 0 radical (unpaired) electrons. The SMILES string of the molecule is Nc1ccc(N(CC2CC2)C2CC2)nn1. The molecule has 2 fully saturated rings. The highest BCUT2D eigenvalue weighted by Gasteiger charge is 2.34. The minimum atomic E-state index is 0.501. The average molecular weight is 204 g/mol. The van der Waals surface area contributed by atoms with E-state index in [0.29, 0.717) is 11.9 Å². The van der Waals surface area contributed by atoms with Crippen LogP contribution in [0.1, 0.15) is 25.7 Å². The molecule has 0 atom stereocenters. The van der Waals surface area contributed by atoms with E-state index in [1.807, 2.05) is 12.1 Å². The van der Waals surface area contributed by atoms with Crippen LogP contribution < -0.4 is 10.6 Å². The minimum Gasteiger partial charge on any atom is -0.382 e. The van der Waals surface area contributed by atoms with Crippen molar-refractivity contribution in [2.24, 2.45) is 5.92 Å². The van der Waals surface area contributed by atoms with E-state index < -0.39 is 0 Å². The zero-order valence-electron chi connectivity index (χ0n) is 8.76. The third-order valence-corrected chi connectivity index (χ3v) is 3.10. The maximum Gasteiger partial charge on any atom is 0.151 e. The van der Waals surface area contributed by atoms with Crippen molar-refractivity contribution in [2.45, 2.75) is 31.7 Å². The van der Waals surface area contributed by atoms with Gasteiger partial charge in [-0.1, -0.05) is 0 Å². The molecule has 80 valence electrons. The van der Waals surface area contributed by atoms with Crippen LogP contribution in [-0.2, 0) is 0 Å². The van der Waals surface area contributed by atoms with Crippen LogP contribution in [0.15, 0.2) is 12.1 Å². The largest absolute Gasteiger partial charge is 0.382 e. The van der Waals surface area contributed by atoms with Gasteiger partial charge in [0.05, 0.1) is 0 Å². The van der Waals surface area contributed by atoms with E-state index in [0.717, 1.165) is 18.3 Å². The van der Waals surface area contributed by atoms with E-state index in [1.54, 1.807) is 0 Å². The molecule has 0 saturated heterocycles. The van der Waals surface area contributed by atoms with Gasteiger partial charge in [-0.2, -0.15) is 0 Å². The molecule has 1 heterocycles. The van der Waals surface area contributed by atoms with Gasteiger partial charge in [0.1, 0.15) is 5.82 Å². The van der Waals surface area contributed by atoms with Crippen LogP contribution in [0.5, 0.6) is 0 Å². The first-order valence-corrected chi connectivity index (χ1v) is 5.69. The zero-order chi connectivity index (χ0) is 10.3. The molecule has 2 aliphatic rings. The van der Waals surface area contributed by atoms with Gasteiger partial charge >= 0.3 is 0 Å². The summed E-state index contributed by atoms with van der Waals surface area (Å²) in [6.45, 7) is 1.16. The first-order valence-electron chi connectivity index (χ1n) is 5.69. The number of hydrogen-bond donors (Lipinski definition) is 1. The summed E-state index contributed by atoms with van der Waals surface area (Å²) in [5.74, 6) is 2.39. The van der Waals surface area contributed by atoms with Crippen LogP contribution in [0.4, 0.5) is 11.6 Å². The molecule has 0 bridgehead atoms. The number of rotatable bonds is 4. The first kappa shape index (κ1) is 8.95. The number of hydrogen-bond acceptors (Lipinski definition) is 4. The third-order valence-electron chi connectivity index (χ3n) is 3.10. The minimum absolute atomic E-state index is 0.501. The Bertz CT molecular complexity index is 340. The Morgan fingerprint density at radius 3 is 2.53 bits per heavy atom. The molecule has 1 aromatic heterocycles. The van der Waals surface area contributed by atoms with Gasteiger partial charge in [-0.15, -0.1) is 10.2 Å². The molecular weight excluding hydrogens is 188 g/mol. The van der Waals surface area contributed by atoms with Gasteiger partial charge in [-0.3, -0.25) is 0 Å². The van der Waals surface area contributed by atoms with Gasteiger partial charge in [0.15, 0.2) is 5.82 Å². The molecule has 0 spiro atoms. The summed E-state index contributed by atoms with van der Waals surface area (Å²) in [7, 11) is 0. The van der Waals surface area contributed by atoms with Crippen LogP contribution in [-0.4, -0.2) is 22.8 Å². The van der Waals surface area contributed by atoms with E-state index in [4.69, 9.17) is 5.73 Å². The van der Waals surface area contributed by atoms with E-state index in [9.17, 15) is 0 Å². The lowest BCUT2D eigenvalue weighted by atomic mass is 10.3. The molecule has 0 unspecified atom stereocenters. The van der Waals surface area contributed by atoms with Gasteiger partial charge in [0.25, 0.3) is 0 Å². The van der Waals surface area contributed by atoms with Gasteiger partial charge < -0.3 is 10.6 Å². The summed E-state index contributed by atoms with van der Waals surface area (Å²) in [4.78, 5) is 2.41. The van der Waals surface area contributed by atoms with Crippen molar-refractivity contribution >= 4 is 11.6 Å². The topological polar surface area (TPSA) is 55.0 Å². The fourth-order valence-corrected chi connectivity index (χ4v) is 1.88. The van der Waals surface area contributed by atoms with E-state index in [-0.39, 0.29) is 0 Å². The van der Waals surface area contributed by atoms with E-state index >= 15 is 0 Å². The molecule has 0 aromatic carbocycles. The van der Waals surface area contributed by atoms with Crippen LogP contribution in [0.2, 0.25) is 0 Å². The van der Waals surface area contributed by atoms with Crippen LogP contribution in [0.25, 0.3) is 0 Å². The molecule has 2 N–H and O–H groups in total. The third kappa shape index (κ3) is 2.03. The first-order chi connectivity index (χ1) is 7.33. The maximum absolute atomic E-state index is 5.54. The number of nitrogen functional groups attached to an aromatic ring is 1. The number of anilines is 2. The maximum atomic E-state index is 5.54. The number of nitrogens with zero attached hydrogens (tertiary/aromatic N) is 3. The van der Waals surface area contributed by atoms with Gasteiger partial charge in [0.2, 0.25) is 0 Å². The summed E-state index contributed by atoms with van der Waals surface area (Å²) in [6.07, 6.45) is 5.37. The summed E-state index contributed by atoms with van der Waals surface area (Å²) in [6, 6.07) is 4.54. The summed E-state index contributed by atoms with van der Waals surface area (Å²) in [5, 5.41) is 8.10. The smallest absolute Gasteiger partial charge is 0.151 e. The molecular formula is C11H16N4. The van der Waals surface area contributed by atoms with Crippen molar-refractivity contribution < 1.29 is 0 Å². The Hall–Kier alpha value is -1.32. The fourth-order valence-electron chi connectivity index (χ4n) is 1.88. The molecule has 2 saturated carbocycles. The van der Waals surface area contributed by atoms with Crippen molar-refractivity contribution in [2.75, 3.05) is 17.2 Å². The average Bonchev–Trinajstić information content (AvgIpc) is 3.10. The monoisotopic (exact) mass is 204 g/mol. The number of aromatic nitrogens is 2. The van der Waals surface area contributed by atoms with Gasteiger partial charge in [-0.25, -0.2) is 0 Å².